The highest BCUT2D eigenvalue weighted by Crippen LogP contribution is 2.15. The zero-order valence-corrected chi connectivity index (χ0v) is 10.7. The van der Waals surface area contributed by atoms with Crippen molar-refractivity contribution in [2.24, 2.45) is 0 Å². The number of rotatable bonds is 4. The lowest BCUT2D eigenvalue weighted by Crippen LogP contribution is -2.25. The summed E-state index contributed by atoms with van der Waals surface area (Å²) < 4.78 is 4.82. The van der Waals surface area contributed by atoms with E-state index in [2.05, 4.69) is 27.3 Å². The fraction of sp³-hybridized carbons (Fsp3) is 0.250. The standard InChI is InChI=1S/C12H11N3O3S/c16-6-1-2-9-4-7-19-11(9)12(17)13-5-3-10-14-8-15-18-10/h4,7-8,16H,3,5-6H2,(H,13,17). The Labute approximate surface area is 113 Å². The summed E-state index contributed by atoms with van der Waals surface area (Å²) in [5, 5.41) is 16.7. The van der Waals surface area contributed by atoms with Gasteiger partial charge in [-0.05, 0) is 11.4 Å². The molecule has 0 radical (unpaired) electrons. The Kier molecular flexibility index (Phi) is 4.66. The van der Waals surface area contributed by atoms with Crippen molar-refractivity contribution in [3.8, 4) is 11.8 Å². The zero-order chi connectivity index (χ0) is 13.5. The first-order valence-electron chi connectivity index (χ1n) is 5.52. The second kappa shape index (κ2) is 6.68. The number of hydrogen-bond acceptors (Lipinski definition) is 6. The molecule has 1 amide bonds. The molecule has 0 bridgehead atoms. The van der Waals surface area contributed by atoms with Crippen LogP contribution in [0.15, 0.2) is 22.3 Å². The molecule has 2 heterocycles. The van der Waals surface area contributed by atoms with E-state index in [1.807, 2.05) is 0 Å². The number of nitrogens with zero attached hydrogens (tertiary/aromatic N) is 2. The van der Waals surface area contributed by atoms with Crippen molar-refractivity contribution in [2.75, 3.05) is 13.2 Å². The molecule has 0 fully saturated rings. The molecule has 0 unspecified atom stereocenters. The highest BCUT2D eigenvalue weighted by molar-refractivity contribution is 7.12. The summed E-state index contributed by atoms with van der Waals surface area (Å²) >= 11 is 1.31. The van der Waals surface area contributed by atoms with Crippen LogP contribution in [0, 0.1) is 11.8 Å². The summed E-state index contributed by atoms with van der Waals surface area (Å²) in [5.41, 5.74) is 0.620. The predicted molar refractivity (Wildman–Crippen MR) is 68.6 cm³/mol. The maximum atomic E-state index is 11.9. The summed E-state index contributed by atoms with van der Waals surface area (Å²) in [6.45, 7) is 0.180. The van der Waals surface area contributed by atoms with E-state index in [1.54, 1.807) is 11.4 Å². The maximum absolute atomic E-state index is 11.9. The predicted octanol–water partition coefficient (Wildman–Crippen LogP) is 0.447. The third-order valence-corrected chi connectivity index (χ3v) is 3.12. The molecule has 0 saturated carbocycles. The van der Waals surface area contributed by atoms with Crippen LogP contribution in [-0.4, -0.2) is 34.3 Å². The van der Waals surface area contributed by atoms with Crippen molar-refractivity contribution in [1.29, 1.82) is 0 Å². The zero-order valence-electron chi connectivity index (χ0n) is 9.92. The van der Waals surface area contributed by atoms with Crippen LogP contribution >= 0.6 is 11.3 Å². The van der Waals surface area contributed by atoms with Crippen molar-refractivity contribution >= 4 is 17.2 Å². The van der Waals surface area contributed by atoms with Crippen LogP contribution in [0.5, 0.6) is 0 Å². The van der Waals surface area contributed by atoms with Gasteiger partial charge >= 0.3 is 0 Å². The number of carbonyl (C=O) groups excluding carboxylic acids is 1. The number of amides is 1. The van der Waals surface area contributed by atoms with Crippen LogP contribution in [0.3, 0.4) is 0 Å². The first kappa shape index (κ1) is 13.3. The Morgan fingerprint density at radius 3 is 3.21 bits per heavy atom. The molecular formula is C12H11N3O3S. The Morgan fingerprint density at radius 2 is 2.47 bits per heavy atom. The molecular weight excluding hydrogens is 266 g/mol. The van der Waals surface area contributed by atoms with Gasteiger partial charge in [-0.15, -0.1) is 11.3 Å². The van der Waals surface area contributed by atoms with Gasteiger partial charge in [-0.1, -0.05) is 17.0 Å². The van der Waals surface area contributed by atoms with Gasteiger partial charge in [-0.2, -0.15) is 4.98 Å². The summed E-state index contributed by atoms with van der Waals surface area (Å²) in [7, 11) is 0. The second-order valence-corrected chi connectivity index (χ2v) is 4.38. The molecule has 2 N–H and O–H groups in total. The number of aromatic nitrogens is 2. The molecule has 98 valence electrons. The Hall–Kier alpha value is -2.17. The molecule has 0 aliphatic heterocycles. The number of aliphatic hydroxyl groups excluding tert-OH is 1. The molecule has 6 nitrogen and oxygen atoms in total. The van der Waals surface area contributed by atoms with E-state index in [9.17, 15) is 4.79 Å². The lowest BCUT2D eigenvalue weighted by atomic mass is 10.2. The van der Waals surface area contributed by atoms with Gasteiger partial charge in [0.1, 0.15) is 11.5 Å². The summed E-state index contributed by atoms with van der Waals surface area (Å²) in [5.74, 6) is 5.54. The second-order valence-electron chi connectivity index (χ2n) is 3.46. The Bertz CT molecular complexity index is 595. The number of hydrogen-bond donors (Lipinski definition) is 2. The largest absolute Gasteiger partial charge is 0.384 e. The number of aliphatic hydroxyl groups is 1. The van der Waals surface area contributed by atoms with Gasteiger partial charge in [0.05, 0.1) is 0 Å². The van der Waals surface area contributed by atoms with Gasteiger partial charge in [-0.3, -0.25) is 4.79 Å². The highest BCUT2D eigenvalue weighted by atomic mass is 32.1. The first-order valence-corrected chi connectivity index (χ1v) is 6.40. The fourth-order valence-electron chi connectivity index (χ4n) is 1.39. The van der Waals surface area contributed by atoms with Crippen LogP contribution in [0.4, 0.5) is 0 Å². The normalized spacial score (nSPS) is 9.74. The highest BCUT2D eigenvalue weighted by Gasteiger charge is 2.11. The quantitative estimate of drug-likeness (QED) is 0.792. The van der Waals surface area contributed by atoms with E-state index in [0.717, 1.165) is 0 Å². The average molecular weight is 277 g/mol. The van der Waals surface area contributed by atoms with Crippen molar-refractivity contribution < 1.29 is 14.4 Å². The minimum Gasteiger partial charge on any atom is -0.384 e. The summed E-state index contributed by atoms with van der Waals surface area (Å²) in [6, 6.07) is 1.75. The van der Waals surface area contributed by atoms with E-state index in [0.29, 0.717) is 29.3 Å². The fourth-order valence-corrected chi connectivity index (χ4v) is 2.15. The van der Waals surface area contributed by atoms with Crippen LogP contribution in [0.2, 0.25) is 0 Å². The molecule has 2 rings (SSSR count). The van der Waals surface area contributed by atoms with Gasteiger partial charge in [0.2, 0.25) is 5.89 Å². The third kappa shape index (κ3) is 3.64. The minimum atomic E-state index is -0.228. The molecule has 0 aliphatic rings. The van der Waals surface area contributed by atoms with Crippen molar-refractivity contribution in [3.63, 3.8) is 0 Å². The minimum absolute atomic E-state index is 0.197. The summed E-state index contributed by atoms with van der Waals surface area (Å²) in [4.78, 5) is 16.3. The van der Waals surface area contributed by atoms with Crippen molar-refractivity contribution in [3.05, 3.63) is 34.1 Å². The first-order chi connectivity index (χ1) is 9.31. The maximum Gasteiger partial charge on any atom is 0.262 e. The van der Waals surface area contributed by atoms with Gasteiger partial charge in [0, 0.05) is 18.5 Å². The lowest BCUT2D eigenvalue weighted by molar-refractivity contribution is 0.0957. The summed E-state index contributed by atoms with van der Waals surface area (Å²) in [6.07, 6.45) is 1.80. The topological polar surface area (TPSA) is 88.3 Å². The van der Waals surface area contributed by atoms with E-state index in [4.69, 9.17) is 9.63 Å². The molecule has 2 aromatic rings. The van der Waals surface area contributed by atoms with Crippen LogP contribution in [0.25, 0.3) is 0 Å². The van der Waals surface area contributed by atoms with Crippen LogP contribution in [-0.2, 0) is 6.42 Å². The average Bonchev–Trinajstić information content (AvgIpc) is 3.07. The van der Waals surface area contributed by atoms with E-state index < -0.39 is 0 Å². The SMILES string of the molecule is O=C(NCCc1ncno1)c1sccc1C#CCO. The lowest BCUT2D eigenvalue weighted by Gasteiger charge is -2.01. The van der Waals surface area contributed by atoms with E-state index in [1.165, 1.54) is 17.7 Å². The van der Waals surface area contributed by atoms with Crippen LogP contribution in [0.1, 0.15) is 21.1 Å². The molecule has 2 aromatic heterocycles. The molecule has 0 saturated heterocycles. The number of nitrogens with one attached hydrogen (secondary N) is 1. The van der Waals surface area contributed by atoms with E-state index in [-0.39, 0.29) is 12.5 Å². The molecule has 7 heteroatoms. The van der Waals surface area contributed by atoms with Crippen molar-refractivity contribution in [1.82, 2.24) is 15.5 Å². The molecule has 0 aromatic carbocycles. The number of thiophene rings is 1. The van der Waals surface area contributed by atoms with Crippen molar-refractivity contribution in [2.45, 2.75) is 6.42 Å². The van der Waals surface area contributed by atoms with Gasteiger partial charge < -0.3 is 14.9 Å². The molecule has 19 heavy (non-hydrogen) atoms. The van der Waals surface area contributed by atoms with Crippen LogP contribution < -0.4 is 5.32 Å². The third-order valence-electron chi connectivity index (χ3n) is 2.20. The number of carbonyl (C=O) groups is 1. The molecule has 0 aliphatic carbocycles. The Morgan fingerprint density at radius 1 is 1.58 bits per heavy atom. The van der Waals surface area contributed by atoms with Gasteiger partial charge in [0.15, 0.2) is 6.33 Å². The molecule has 0 spiro atoms. The monoisotopic (exact) mass is 277 g/mol. The van der Waals surface area contributed by atoms with Gasteiger partial charge in [0.25, 0.3) is 5.91 Å². The van der Waals surface area contributed by atoms with E-state index >= 15 is 0 Å². The van der Waals surface area contributed by atoms with Gasteiger partial charge in [-0.25, -0.2) is 0 Å². The smallest absolute Gasteiger partial charge is 0.262 e. The molecule has 0 atom stereocenters. The Balaban J connectivity index is 1.91.